The van der Waals surface area contributed by atoms with Gasteiger partial charge in [-0.1, -0.05) is 65.8 Å². The van der Waals surface area contributed by atoms with Crippen LogP contribution in [0.2, 0.25) is 5.02 Å². The number of rotatable bonds is 5. The number of halogens is 1. The Morgan fingerprint density at radius 3 is 2.50 bits per heavy atom. The van der Waals surface area contributed by atoms with Crippen LogP contribution in [0.25, 0.3) is 32.7 Å². The van der Waals surface area contributed by atoms with Gasteiger partial charge < -0.3 is 0 Å². The summed E-state index contributed by atoms with van der Waals surface area (Å²) < 4.78 is 0. The van der Waals surface area contributed by atoms with E-state index in [1.165, 1.54) is 23.1 Å². The van der Waals surface area contributed by atoms with Crippen LogP contribution in [0.4, 0.5) is 0 Å². The third-order valence-electron chi connectivity index (χ3n) is 5.02. The first-order valence-electron chi connectivity index (χ1n) is 10.0. The molecule has 34 heavy (non-hydrogen) atoms. The number of hydrogen-bond donors (Lipinski definition) is 2. The molecule has 0 bridgehead atoms. The quantitative estimate of drug-likeness (QED) is 0.318. The van der Waals surface area contributed by atoms with Gasteiger partial charge in [0.25, 0.3) is 5.56 Å². The fourth-order valence-corrected chi connectivity index (χ4v) is 5.46. The highest BCUT2D eigenvalue weighted by Gasteiger charge is 2.20. The maximum atomic E-state index is 12.7. The largest absolute Gasteiger partial charge is 0.327 e. The summed E-state index contributed by atoms with van der Waals surface area (Å²) in [5, 5.41) is 14.1. The van der Waals surface area contributed by atoms with E-state index < -0.39 is 11.2 Å². The van der Waals surface area contributed by atoms with Gasteiger partial charge in [-0.25, -0.2) is 14.8 Å². The summed E-state index contributed by atoms with van der Waals surface area (Å²) in [7, 11) is 0. The number of aromatic amines is 2. The van der Waals surface area contributed by atoms with Crippen molar-refractivity contribution in [1.82, 2.24) is 19.9 Å². The van der Waals surface area contributed by atoms with Crippen LogP contribution in [0.15, 0.2) is 74.6 Å². The number of H-pyrrole nitrogens is 2. The van der Waals surface area contributed by atoms with Gasteiger partial charge in [-0.2, -0.15) is 5.26 Å². The van der Waals surface area contributed by atoms with E-state index in [4.69, 9.17) is 11.6 Å². The molecule has 3 aromatic heterocycles. The third-order valence-corrected chi connectivity index (χ3v) is 7.23. The molecule has 2 aromatic carbocycles. The van der Waals surface area contributed by atoms with Crippen molar-refractivity contribution in [1.29, 1.82) is 5.26 Å². The topological polar surface area (TPSA) is 115 Å². The van der Waals surface area contributed by atoms with E-state index >= 15 is 0 Å². The van der Waals surface area contributed by atoms with Crippen molar-refractivity contribution in [2.45, 2.75) is 10.8 Å². The van der Waals surface area contributed by atoms with Gasteiger partial charge in [-0.05, 0) is 17.7 Å². The normalized spacial score (nSPS) is 10.9. The number of aromatic nitrogens is 4. The van der Waals surface area contributed by atoms with Crippen LogP contribution in [0.1, 0.15) is 11.3 Å². The van der Waals surface area contributed by atoms with Crippen molar-refractivity contribution >= 4 is 45.7 Å². The first kappa shape index (κ1) is 22.1. The van der Waals surface area contributed by atoms with Crippen molar-refractivity contribution in [2.24, 2.45) is 0 Å². The highest BCUT2D eigenvalue weighted by atomic mass is 35.5. The molecule has 7 nitrogen and oxygen atoms in total. The lowest BCUT2D eigenvalue weighted by Gasteiger charge is -2.11. The monoisotopic (exact) mass is 503 g/mol. The van der Waals surface area contributed by atoms with Crippen LogP contribution in [0, 0.1) is 11.3 Å². The molecule has 0 aliphatic rings. The minimum Gasteiger partial charge on any atom is -0.291 e. The van der Waals surface area contributed by atoms with Crippen LogP contribution in [-0.4, -0.2) is 19.9 Å². The Hall–Kier alpha value is -3.71. The SMILES string of the molecule is N#Cc1c(SCc2csc(-c3ccc(Cl)cc3)n2)nc2[nH]c(=O)[nH]c(=O)c2c1-c1ccccc1. The van der Waals surface area contributed by atoms with Crippen LogP contribution >= 0.6 is 34.7 Å². The predicted molar refractivity (Wildman–Crippen MR) is 135 cm³/mol. The average molecular weight is 504 g/mol. The summed E-state index contributed by atoms with van der Waals surface area (Å²) >= 11 is 8.81. The van der Waals surface area contributed by atoms with E-state index in [1.807, 2.05) is 60.0 Å². The molecule has 2 N–H and O–H groups in total. The molecular weight excluding hydrogens is 490 g/mol. The van der Waals surface area contributed by atoms with Crippen molar-refractivity contribution in [3.8, 4) is 27.8 Å². The van der Waals surface area contributed by atoms with E-state index in [2.05, 4.69) is 26.0 Å². The standard InChI is InChI=1S/C24H14ClN5O2S2/c25-15-8-6-14(7-9-15)22-27-16(11-33-22)12-34-23-17(10-26)18(13-4-2-1-3-5-13)19-20(28-23)29-24(32)30-21(19)31/h1-9,11H,12H2,(H2,28,29,30,31,32). The lowest BCUT2D eigenvalue weighted by atomic mass is 9.99. The van der Waals surface area contributed by atoms with Crippen molar-refractivity contribution in [2.75, 3.05) is 0 Å². The van der Waals surface area contributed by atoms with Gasteiger partial charge in [-0.15, -0.1) is 11.3 Å². The fourth-order valence-electron chi connectivity index (χ4n) is 3.52. The Morgan fingerprint density at radius 1 is 1.00 bits per heavy atom. The predicted octanol–water partition coefficient (Wildman–Crippen LogP) is 5.22. The third kappa shape index (κ3) is 4.26. The molecule has 3 heterocycles. The van der Waals surface area contributed by atoms with Crippen LogP contribution in [0.5, 0.6) is 0 Å². The molecule has 0 radical (unpaired) electrons. The zero-order valence-corrected chi connectivity index (χ0v) is 19.7. The number of thiazole rings is 1. The molecule has 0 spiro atoms. The molecule has 0 unspecified atom stereocenters. The first-order valence-corrected chi connectivity index (χ1v) is 12.3. The first-order chi connectivity index (χ1) is 16.5. The summed E-state index contributed by atoms with van der Waals surface area (Å²) in [5.74, 6) is 0.457. The molecule has 0 atom stereocenters. The van der Waals surface area contributed by atoms with E-state index in [0.29, 0.717) is 26.9 Å². The number of benzene rings is 2. The Labute approximate surface area is 206 Å². The summed E-state index contributed by atoms with van der Waals surface area (Å²) in [6.45, 7) is 0. The molecule has 0 saturated heterocycles. The van der Waals surface area contributed by atoms with E-state index in [9.17, 15) is 14.9 Å². The number of nitrogens with zero attached hydrogens (tertiary/aromatic N) is 3. The molecule has 5 rings (SSSR count). The van der Waals surface area contributed by atoms with E-state index in [-0.39, 0.29) is 16.6 Å². The highest BCUT2D eigenvalue weighted by molar-refractivity contribution is 7.98. The van der Waals surface area contributed by atoms with Crippen LogP contribution in [0.3, 0.4) is 0 Å². The molecular formula is C24H14ClN5O2S2. The van der Waals surface area contributed by atoms with Gasteiger partial charge in [0.05, 0.1) is 16.6 Å². The van der Waals surface area contributed by atoms with Gasteiger partial charge in [0.2, 0.25) is 0 Å². The van der Waals surface area contributed by atoms with Gasteiger partial charge in [-0.3, -0.25) is 14.8 Å². The van der Waals surface area contributed by atoms with Gasteiger partial charge in [0, 0.05) is 27.3 Å². The van der Waals surface area contributed by atoms with Crippen molar-refractivity contribution in [3.63, 3.8) is 0 Å². The Bertz CT molecular complexity index is 1670. The van der Waals surface area contributed by atoms with Crippen molar-refractivity contribution in [3.05, 3.63) is 97.1 Å². The number of hydrogen-bond acceptors (Lipinski definition) is 7. The maximum absolute atomic E-state index is 12.7. The molecule has 166 valence electrons. The molecule has 0 saturated carbocycles. The second-order valence-electron chi connectivity index (χ2n) is 7.22. The van der Waals surface area contributed by atoms with Gasteiger partial charge in [0.15, 0.2) is 0 Å². The summed E-state index contributed by atoms with van der Waals surface area (Å²) in [6.07, 6.45) is 0. The zero-order valence-electron chi connectivity index (χ0n) is 17.3. The fraction of sp³-hybridized carbons (Fsp3) is 0.0417. The second kappa shape index (κ2) is 9.27. The van der Waals surface area contributed by atoms with Crippen LogP contribution < -0.4 is 11.2 Å². The summed E-state index contributed by atoms with van der Waals surface area (Å²) in [4.78, 5) is 38.6. The molecule has 0 fully saturated rings. The summed E-state index contributed by atoms with van der Waals surface area (Å²) in [6, 6.07) is 18.8. The molecule has 10 heteroatoms. The molecule has 5 aromatic rings. The smallest absolute Gasteiger partial charge is 0.291 e. The molecule has 0 aliphatic carbocycles. The number of pyridine rings is 1. The van der Waals surface area contributed by atoms with E-state index in [1.54, 1.807) is 0 Å². The number of nitriles is 1. The second-order valence-corrected chi connectivity index (χ2v) is 9.47. The van der Waals surface area contributed by atoms with Gasteiger partial charge in [0.1, 0.15) is 21.7 Å². The average Bonchev–Trinajstić information content (AvgIpc) is 3.31. The minimum absolute atomic E-state index is 0.134. The Kier molecular flexibility index (Phi) is 6.02. The summed E-state index contributed by atoms with van der Waals surface area (Å²) in [5.41, 5.74) is 2.07. The van der Waals surface area contributed by atoms with E-state index in [0.717, 1.165) is 16.3 Å². The number of fused-ring (bicyclic) bond motifs is 1. The number of nitrogens with one attached hydrogen (secondary N) is 2. The minimum atomic E-state index is -0.656. The highest BCUT2D eigenvalue weighted by Crippen LogP contribution is 2.35. The molecule has 0 amide bonds. The van der Waals surface area contributed by atoms with Gasteiger partial charge >= 0.3 is 5.69 Å². The zero-order chi connectivity index (χ0) is 23.7. The number of thioether (sulfide) groups is 1. The molecule has 0 aliphatic heterocycles. The maximum Gasteiger partial charge on any atom is 0.327 e. The lowest BCUT2D eigenvalue weighted by molar-refractivity contribution is 1.03. The van der Waals surface area contributed by atoms with Crippen LogP contribution in [-0.2, 0) is 5.75 Å². The lowest BCUT2D eigenvalue weighted by Crippen LogP contribution is -2.23. The Balaban J connectivity index is 1.57. The Morgan fingerprint density at radius 2 is 1.76 bits per heavy atom. The van der Waals surface area contributed by atoms with Crippen molar-refractivity contribution < 1.29 is 0 Å².